The molecule has 2 aromatic heterocycles. The fraction of sp³-hybridized carbons (Fsp3) is 0.167. The summed E-state index contributed by atoms with van der Waals surface area (Å²) < 4.78 is 36.2. The molecule has 8 nitrogen and oxygen atoms in total. The van der Waals surface area contributed by atoms with Crippen molar-refractivity contribution in [1.82, 2.24) is 14.8 Å². The smallest absolute Gasteiger partial charge is 0.267 e. The van der Waals surface area contributed by atoms with Crippen LogP contribution in [0.3, 0.4) is 0 Å². The van der Waals surface area contributed by atoms with Gasteiger partial charge >= 0.3 is 0 Å². The SMILES string of the molecule is C=C(Nc1cnc(OC)c(S(=O)(=O)Nc2c(C)cccc2C)c1)c1nn(C)c2ccccc12. The lowest BCUT2D eigenvalue weighted by Gasteiger charge is -2.16. The van der Waals surface area contributed by atoms with E-state index >= 15 is 0 Å². The Kier molecular flexibility index (Phi) is 5.82. The number of methoxy groups -OCH3 is 1. The van der Waals surface area contributed by atoms with E-state index in [2.05, 4.69) is 26.7 Å². The third-order valence-corrected chi connectivity index (χ3v) is 6.70. The summed E-state index contributed by atoms with van der Waals surface area (Å²) in [6, 6.07) is 14.8. The molecule has 4 aromatic rings. The van der Waals surface area contributed by atoms with Crippen LogP contribution in [-0.4, -0.2) is 30.3 Å². The quantitative estimate of drug-likeness (QED) is 0.419. The number of aryl methyl sites for hydroxylation is 3. The van der Waals surface area contributed by atoms with E-state index in [1.54, 1.807) is 4.68 Å². The predicted molar refractivity (Wildman–Crippen MR) is 131 cm³/mol. The number of fused-ring (bicyclic) bond motifs is 1. The Balaban J connectivity index is 1.69. The summed E-state index contributed by atoms with van der Waals surface area (Å²) >= 11 is 0. The van der Waals surface area contributed by atoms with Crippen LogP contribution in [0.2, 0.25) is 0 Å². The van der Waals surface area contributed by atoms with Crippen molar-refractivity contribution in [1.29, 1.82) is 0 Å². The summed E-state index contributed by atoms with van der Waals surface area (Å²) in [5.74, 6) is -0.00631. The number of anilines is 2. The van der Waals surface area contributed by atoms with E-state index in [9.17, 15) is 8.42 Å². The van der Waals surface area contributed by atoms with Crippen LogP contribution < -0.4 is 14.8 Å². The molecule has 2 heterocycles. The van der Waals surface area contributed by atoms with Gasteiger partial charge in [0.25, 0.3) is 10.0 Å². The zero-order valence-corrected chi connectivity index (χ0v) is 19.7. The molecule has 170 valence electrons. The van der Waals surface area contributed by atoms with Gasteiger partial charge in [-0.3, -0.25) is 9.40 Å². The fourth-order valence-electron chi connectivity index (χ4n) is 3.68. The van der Waals surface area contributed by atoms with E-state index in [1.165, 1.54) is 19.4 Å². The molecule has 2 N–H and O–H groups in total. The topological polar surface area (TPSA) is 98.1 Å². The highest BCUT2D eigenvalue weighted by molar-refractivity contribution is 7.92. The van der Waals surface area contributed by atoms with E-state index in [1.807, 2.05) is 63.4 Å². The monoisotopic (exact) mass is 463 g/mol. The van der Waals surface area contributed by atoms with Gasteiger partial charge in [-0.25, -0.2) is 13.4 Å². The van der Waals surface area contributed by atoms with Gasteiger partial charge in [0.15, 0.2) is 4.90 Å². The van der Waals surface area contributed by atoms with E-state index < -0.39 is 10.0 Å². The van der Waals surface area contributed by atoms with E-state index in [0.717, 1.165) is 22.0 Å². The van der Waals surface area contributed by atoms with Crippen LogP contribution in [0, 0.1) is 13.8 Å². The molecular weight excluding hydrogens is 438 g/mol. The normalized spacial score (nSPS) is 11.4. The first-order valence-corrected chi connectivity index (χ1v) is 11.7. The Morgan fingerprint density at radius 3 is 2.48 bits per heavy atom. The summed E-state index contributed by atoms with van der Waals surface area (Å²) in [7, 11) is -0.741. The van der Waals surface area contributed by atoms with Crippen LogP contribution in [0.15, 0.2) is 66.2 Å². The maximum atomic E-state index is 13.3. The Bertz CT molecular complexity index is 1450. The molecule has 0 amide bonds. The average Bonchev–Trinajstić information content (AvgIpc) is 3.13. The van der Waals surface area contributed by atoms with Crippen molar-refractivity contribution >= 4 is 38.0 Å². The minimum atomic E-state index is -3.98. The van der Waals surface area contributed by atoms with Crippen molar-refractivity contribution < 1.29 is 13.2 Å². The zero-order valence-electron chi connectivity index (χ0n) is 18.9. The summed E-state index contributed by atoms with van der Waals surface area (Å²) in [5, 5.41) is 8.61. The Hall–Kier alpha value is -3.85. The minimum absolute atomic E-state index is 0.00631. The van der Waals surface area contributed by atoms with Crippen molar-refractivity contribution in [3.8, 4) is 5.88 Å². The molecule has 0 saturated carbocycles. The standard InChI is InChI=1S/C24H25N5O3S/c1-15-9-8-10-16(2)22(15)28-33(30,31)21-13-18(14-25-24(21)32-5)26-17(3)23-19-11-6-7-12-20(19)29(4)27-23/h6-14,26,28H,3H2,1-2,4-5H3. The maximum absolute atomic E-state index is 13.3. The molecule has 0 atom stereocenters. The van der Waals surface area contributed by atoms with Gasteiger partial charge in [-0.2, -0.15) is 5.10 Å². The number of ether oxygens (including phenoxy) is 1. The number of sulfonamides is 1. The van der Waals surface area contributed by atoms with Crippen molar-refractivity contribution in [3.63, 3.8) is 0 Å². The van der Waals surface area contributed by atoms with Crippen LogP contribution in [0.25, 0.3) is 16.6 Å². The van der Waals surface area contributed by atoms with Gasteiger partial charge in [-0.15, -0.1) is 0 Å². The zero-order chi connectivity index (χ0) is 23.8. The Labute approximate surface area is 193 Å². The molecule has 0 bridgehead atoms. The number of pyridine rings is 1. The number of nitrogens with zero attached hydrogens (tertiary/aromatic N) is 3. The van der Waals surface area contributed by atoms with Gasteiger partial charge in [-0.05, 0) is 37.1 Å². The van der Waals surface area contributed by atoms with Gasteiger partial charge in [0.05, 0.1) is 35.9 Å². The summed E-state index contributed by atoms with van der Waals surface area (Å²) in [5.41, 5.74) is 4.75. The van der Waals surface area contributed by atoms with E-state index in [-0.39, 0.29) is 10.8 Å². The third-order valence-electron chi connectivity index (χ3n) is 5.36. The van der Waals surface area contributed by atoms with E-state index in [4.69, 9.17) is 4.74 Å². The Morgan fingerprint density at radius 1 is 1.09 bits per heavy atom. The van der Waals surface area contributed by atoms with Crippen LogP contribution in [0.5, 0.6) is 5.88 Å². The molecule has 0 fully saturated rings. The number of hydrogen-bond acceptors (Lipinski definition) is 6. The van der Waals surface area contributed by atoms with Crippen molar-refractivity contribution in [3.05, 3.63) is 78.1 Å². The number of nitrogens with one attached hydrogen (secondary N) is 2. The first kappa shape index (κ1) is 22.3. The number of hydrogen-bond donors (Lipinski definition) is 2. The third kappa shape index (κ3) is 4.27. The first-order valence-electron chi connectivity index (χ1n) is 10.2. The second-order valence-corrected chi connectivity index (χ2v) is 9.35. The molecule has 0 spiro atoms. The number of para-hydroxylation sites is 2. The van der Waals surface area contributed by atoms with Gasteiger partial charge in [0.2, 0.25) is 5.88 Å². The lowest BCUT2D eigenvalue weighted by atomic mass is 10.1. The highest BCUT2D eigenvalue weighted by atomic mass is 32.2. The Morgan fingerprint density at radius 2 is 1.79 bits per heavy atom. The second kappa shape index (κ2) is 8.59. The van der Waals surface area contributed by atoms with Gasteiger partial charge in [0.1, 0.15) is 5.69 Å². The number of aromatic nitrogens is 3. The molecule has 0 radical (unpaired) electrons. The van der Waals surface area contributed by atoms with Gasteiger partial charge < -0.3 is 10.1 Å². The fourth-order valence-corrected chi connectivity index (χ4v) is 5.03. The van der Waals surface area contributed by atoms with Gasteiger partial charge in [0, 0.05) is 12.4 Å². The van der Waals surface area contributed by atoms with Gasteiger partial charge in [-0.1, -0.05) is 43.0 Å². The average molecular weight is 464 g/mol. The molecule has 0 aliphatic carbocycles. The number of benzene rings is 2. The molecule has 0 unspecified atom stereocenters. The van der Waals surface area contributed by atoms with Crippen molar-refractivity contribution in [2.45, 2.75) is 18.7 Å². The molecule has 0 aliphatic rings. The molecule has 33 heavy (non-hydrogen) atoms. The highest BCUT2D eigenvalue weighted by Gasteiger charge is 2.23. The lowest BCUT2D eigenvalue weighted by Crippen LogP contribution is -2.16. The molecule has 9 heteroatoms. The largest absolute Gasteiger partial charge is 0.480 e. The van der Waals surface area contributed by atoms with Crippen molar-refractivity contribution in [2.24, 2.45) is 7.05 Å². The molecule has 0 aliphatic heterocycles. The maximum Gasteiger partial charge on any atom is 0.267 e. The molecular formula is C24H25N5O3S. The second-order valence-electron chi connectivity index (χ2n) is 7.70. The van der Waals surface area contributed by atoms with Crippen LogP contribution >= 0.6 is 0 Å². The molecule has 4 rings (SSSR count). The summed E-state index contributed by atoms with van der Waals surface area (Å²) in [4.78, 5) is 4.11. The summed E-state index contributed by atoms with van der Waals surface area (Å²) in [6.45, 7) is 7.79. The lowest BCUT2D eigenvalue weighted by molar-refractivity contribution is 0.385. The van der Waals surface area contributed by atoms with Crippen LogP contribution in [0.1, 0.15) is 16.8 Å². The van der Waals surface area contributed by atoms with E-state index in [0.29, 0.717) is 22.8 Å². The predicted octanol–water partition coefficient (Wildman–Crippen LogP) is 4.48. The van der Waals surface area contributed by atoms with Crippen LogP contribution in [-0.2, 0) is 17.1 Å². The summed E-state index contributed by atoms with van der Waals surface area (Å²) in [6.07, 6.45) is 1.49. The number of rotatable bonds is 7. The minimum Gasteiger partial charge on any atom is -0.480 e. The molecule has 0 saturated heterocycles. The highest BCUT2D eigenvalue weighted by Crippen LogP contribution is 2.30. The van der Waals surface area contributed by atoms with Crippen LogP contribution in [0.4, 0.5) is 11.4 Å². The molecule has 2 aromatic carbocycles. The van der Waals surface area contributed by atoms with Crippen molar-refractivity contribution in [2.75, 3.05) is 17.1 Å². The first-order chi connectivity index (χ1) is 15.7.